The Balaban J connectivity index is 2.04. The number of amides is 2. The van der Waals surface area contributed by atoms with Crippen molar-refractivity contribution in [2.75, 3.05) is 32.8 Å². The van der Waals surface area contributed by atoms with Gasteiger partial charge in [0.15, 0.2) is 6.04 Å². The Morgan fingerprint density at radius 3 is 2.57 bits per heavy atom. The average Bonchev–Trinajstić information content (AvgIpc) is 2.45. The lowest BCUT2D eigenvalue weighted by Crippen LogP contribution is -2.57. The number of aliphatic carboxylic acids is 1. The number of carbonyl (C=O) groups is 2. The van der Waals surface area contributed by atoms with Gasteiger partial charge in [-0.15, -0.1) is 0 Å². The first kappa shape index (κ1) is 15.8. The standard InChI is InChI=1S/C15H24N2O4/c1-15(2,3)11-4-6-16(7-5-11)14(20)17-8-9-21-10-12(17)13(18)19/h4,12H,5-10H2,1-3H3,(H,18,19). The van der Waals surface area contributed by atoms with E-state index in [1.165, 1.54) is 10.5 Å². The van der Waals surface area contributed by atoms with Crippen molar-refractivity contribution in [3.63, 3.8) is 0 Å². The molecule has 2 heterocycles. The molecule has 1 saturated heterocycles. The van der Waals surface area contributed by atoms with E-state index < -0.39 is 12.0 Å². The lowest BCUT2D eigenvalue weighted by molar-refractivity contribution is -0.147. The van der Waals surface area contributed by atoms with E-state index in [9.17, 15) is 14.7 Å². The third-order valence-corrected chi connectivity index (χ3v) is 4.10. The number of hydrogen-bond acceptors (Lipinski definition) is 3. The van der Waals surface area contributed by atoms with Crippen LogP contribution in [0.25, 0.3) is 0 Å². The SMILES string of the molecule is CC(C)(C)C1=CCN(C(=O)N2CCOCC2C(=O)O)CC1. The minimum absolute atomic E-state index is 0.0675. The first-order chi connectivity index (χ1) is 9.80. The zero-order valence-corrected chi connectivity index (χ0v) is 13.0. The molecule has 118 valence electrons. The molecule has 21 heavy (non-hydrogen) atoms. The summed E-state index contributed by atoms with van der Waals surface area (Å²) in [7, 11) is 0. The predicted molar refractivity (Wildman–Crippen MR) is 78.1 cm³/mol. The van der Waals surface area contributed by atoms with E-state index in [-0.39, 0.29) is 18.1 Å². The summed E-state index contributed by atoms with van der Waals surface area (Å²) in [6.45, 7) is 8.49. The van der Waals surface area contributed by atoms with Crippen LogP contribution in [0.4, 0.5) is 4.79 Å². The van der Waals surface area contributed by atoms with Crippen LogP contribution in [0.15, 0.2) is 11.6 Å². The number of rotatable bonds is 1. The molecule has 6 heteroatoms. The molecule has 2 amide bonds. The average molecular weight is 296 g/mol. The van der Waals surface area contributed by atoms with Crippen LogP contribution >= 0.6 is 0 Å². The summed E-state index contributed by atoms with van der Waals surface area (Å²) >= 11 is 0. The number of carbonyl (C=O) groups excluding carboxylic acids is 1. The zero-order valence-electron chi connectivity index (χ0n) is 13.0. The van der Waals surface area contributed by atoms with Crippen molar-refractivity contribution >= 4 is 12.0 Å². The van der Waals surface area contributed by atoms with E-state index in [0.29, 0.717) is 26.2 Å². The fourth-order valence-corrected chi connectivity index (χ4v) is 2.74. The maximum Gasteiger partial charge on any atom is 0.328 e. The van der Waals surface area contributed by atoms with Crippen molar-refractivity contribution in [3.8, 4) is 0 Å². The highest BCUT2D eigenvalue weighted by Gasteiger charge is 2.35. The van der Waals surface area contributed by atoms with E-state index in [1.54, 1.807) is 4.90 Å². The smallest absolute Gasteiger partial charge is 0.328 e. The van der Waals surface area contributed by atoms with Gasteiger partial charge in [-0.05, 0) is 11.8 Å². The van der Waals surface area contributed by atoms with Gasteiger partial charge in [0.1, 0.15) is 0 Å². The van der Waals surface area contributed by atoms with E-state index in [1.807, 2.05) is 0 Å². The number of urea groups is 1. The molecule has 0 spiro atoms. The van der Waals surface area contributed by atoms with Gasteiger partial charge in [0.2, 0.25) is 0 Å². The molecule has 0 radical (unpaired) electrons. The molecule has 2 aliphatic heterocycles. The van der Waals surface area contributed by atoms with Crippen molar-refractivity contribution in [3.05, 3.63) is 11.6 Å². The van der Waals surface area contributed by atoms with Crippen LogP contribution in [-0.2, 0) is 9.53 Å². The summed E-state index contributed by atoms with van der Waals surface area (Å²) in [5.41, 5.74) is 1.47. The Kier molecular flexibility index (Phi) is 4.56. The molecule has 0 aromatic rings. The van der Waals surface area contributed by atoms with Gasteiger partial charge in [0.05, 0.1) is 13.2 Å². The summed E-state index contributed by atoms with van der Waals surface area (Å²) < 4.78 is 5.17. The molecule has 0 aromatic heterocycles. The molecular formula is C15H24N2O4. The molecule has 1 atom stereocenters. The minimum Gasteiger partial charge on any atom is -0.480 e. The maximum atomic E-state index is 12.5. The highest BCUT2D eigenvalue weighted by molar-refractivity contribution is 5.83. The van der Waals surface area contributed by atoms with Crippen molar-refractivity contribution in [2.24, 2.45) is 5.41 Å². The summed E-state index contributed by atoms with van der Waals surface area (Å²) in [6, 6.07) is -1.07. The monoisotopic (exact) mass is 296 g/mol. The number of nitrogens with zero attached hydrogens (tertiary/aromatic N) is 2. The molecule has 1 N–H and O–H groups in total. The quantitative estimate of drug-likeness (QED) is 0.746. The molecule has 2 rings (SSSR count). The van der Waals surface area contributed by atoms with Gasteiger partial charge in [-0.1, -0.05) is 32.4 Å². The Bertz CT molecular complexity index is 453. The Morgan fingerprint density at radius 2 is 2.05 bits per heavy atom. The molecule has 1 unspecified atom stereocenters. The van der Waals surface area contributed by atoms with Crippen molar-refractivity contribution in [2.45, 2.75) is 33.2 Å². The first-order valence-electron chi connectivity index (χ1n) is 7.36. The van der Waals surface area contributed by atoms with Crippen LogP contribution in [-0.4, -0.2) is 65.8 Å². The fraction of sp³-hybridized carbons (Fsp3) is 0.733. The largest absolute Gasteiger partial charge is 0.480 e. The van der Waals surface area contributed by atoms with E-state index in [2.05, 4.69) is 26.8 Å². The summed E-state index contributed by atoms with van der Waals surface area (Å²) in [5.74, 6) is -1.01. The van der Waals surface area contributed by atoms with E-state index in [4.69, 9.17) is 4.74 Å². The van der Waals surface area contributed by atoms with Gasteiger partial charge < -0.3 is 19.6 Å². The number of ether oxygens (including phenoxy) is 1. The van der Waals surface area contributed by atoms with Crippen LogP contribution in [0, 0.1) is 5.41 Å². The van der Waals surface area contributed by atoms with Crippen LogP contribution in [0.1, 0.15) is 27.2 Å². The van der Waals surface area contributed by atoms with Crippen LogP contribution in [0.2, 0.25) is 0 Å². The van der Waals surface area contributed by atoms with Gasteiger partial charge >= 0.3 is 12.0 Å². The predicted octanol–water partition coefficient (Wildman–Crippen LogP) is 1.57. The van der Waals surface area contributed by atoms with Gasteiger partial charge in [-0.2, -0.15) is 0 Å². The molecule has 0 aliphatic carbocycles. The molecule has 2 aliphatic rings. The molecular weight excluding hydrogens is 272 g/mol. The number of morpholine rings is 1. The minimum atomic E-state index is -1.01. The molecule has 0 bridgehead atoms. The van der Waals surface area contributed by atoms with Crippen molar-refractivity contribution in [1.82, 2.24) is 9.80 Å². The molecule has 0 aromatic carbocycles. The van der Waals surface area contributed by atoms with Crippen LogP contribution < -0.4 is 0 Å². The Labute approximate surface area is 125 Å². The van der Waals surface area contributed by atoms with Crippen molar-refractivity contribution in [1.29, 1.82) is 0 Å². The second-order valence-corrected chi connectivity index (χ2v) is 6.58. The fourth-order valence-electron chi connectivity index (χ4n) is 2.74. The maximum absolute atomic E-state index is 12.5. The number of carboxylic acids is 1. The highest BCUT2D eigenvalue weighted by Crippen LogP contribution is 2.30. The third-order valence-electron chi connectivity index (χ3n) is 4.10. The first-order valence-corrected chi connectivity index (χ1v) is 7.36. The van der Waals surface area contributed by atoms with E-state index >= 15 is 0 Å². The molecule has 6 nitrogen and oxygen atoms in total. The molecule has 0 saturated carbocycles. The second-order valence-electron chi connectivity index (χ2n) is 6.58. The zero-order chi connectivity index (χ0) is 15.6. The summed E-state index contributed by atoms with van der Waals surface area (Å²) in [5, 5.41) is 9.20. The number of carboxylic acid groups (broad SMARTS) is 1. The third kappa shape index (κ3) is 3.56. The van der Waals surface area contributed by atoms with Crippen LogP contribution in [0.3, 0.4) is 0 Å². The topological polar surface area (TPSA) is 70.1 Å². The van der Waals surface area contributed by atoms with Gasteiger partial charge in [-0.3, -0.25) is 0 Å². The normalized spacial score (nSPS) is 23.8. The molecule has 1 fully saturated rings. The van der Waals surface area contributed by atoms with Gasteiger partial charge in [0.25, 0.3) is 0 Å². The number of hydrogen-bond donors (Lipinski definition) is 1. The lowest BCUT2D eigenvalue weighted by atomic mass is 9.83. The Morgan fingerprint density at radius 1 is 1.33 bits per heavy atom. The lowest BCUT2D eigenvalue weighted by Gasteiger charge is -2.39. The summed E-state index contributed by atoms with van der Waals surface area (Å²) in [4.78, 5) is 26.9. The highest BCUT2D eigenvalue weighted by atomic mass is 16.5. The van der Waals surface area contributed by atoms with Gasteiger partial charge in [-0.25, -0.2) is 9.59 Å². The van der Waals surface area contributed by atoms with Gasteiger partial charge in [0, 0.05) is 19.6 Å². The van der Waals surface area contributed by atoms with E-state index in [0.717, 1.165) is 6.42 Å². The Hall–Kier alpha value is -1.56. The summed E-state index contributed by atoms with van der Waals surface area (Å²) in [6.07, 6.45) is 2.94. The second kappa shape index (κ2) is 6.05. The van der Waals surface area contributed by atoms with Crippen molar-refractivity contribution < 1.29 is 19.4 Å². The van der Waals surface area contributed by atoms with Crippen LogP contribution in [0.5, 0.6) is 0 Å².